The van der Waals surface area contributed by atoms with Gasteiger partial charge in [-0.3, -0.25) is 0 Å². The molecular weight excluding hydrogens is 220 g/mol. The predicted molar refractivity (Wildman–Crippen MR) is 81.1 cm³/mol. The molecule has 0 aliphatic rings. The molecular formula is C16H28N2. The summed E-state index contributed by atoms with van der Waals surface area (Å²) >= 11 is 0. The molecule has 0 radical (unpaired) electrons. The predicted octanol–water partition coefficient (Wildman–Crippen LogP) is 4.11. The summed E-state index contributed by atoms with van der Waals surface area (Å²) in [6, 6.07) is 8.76. The van der Waals surface area contributed by atoms with Crippen LogP contribution < -0.4 is 10.6 Å². The lowest BCUT2D eigenvalue weighted by atomic mass is 10.00. The lowest BCUT2D eigenvalue weighted by Gasteiger charge is -2.17. The molecule has 0 bridgehead atoms. The fourth-order valence-electron chi connectivity index (χ4n) is 2.17. The van der Waals surface area contributed by atoms with Gasteiger partial charge in [0, 0.05) is 25.8 Å². The molecule has 102 valence electrons. The zero-order valence-corrected chi connectivity index (χ0v) is 12.2. The molecule has 0 fully saturated rings. The maximum Gasteiger partial charge on any atom is 0.0364 e. The second-order valence-corrected chi connectivity index (χ2v) is 5.30. The summed E-state index contributed by atoms with van der Waals surface area (Å²) in [5.41, 5.74) is 8.75. The highest BCUT2D eigenvalue weighted by atomic mass is 15.1. The Morgan fingerprint density at radius 2 is 1.83 bits per heavy atom. The van der Waals surface area contributed by atoms with Crippen LogP contribution in [-0.4, -0.2) is 14.1 Å². The van der Waals surface area contributed by atoms with E-state index < -0.39 is 0 Å². The van der Waals surface area contributed by atoms with Crippen molar-refractivity contribution in [2.75, 3.05) is 19.0 Å². The average molecular weight is 248 g/mol. The summed E-state index contributed by atoms with van der Waals surface area (Å²) < 4.78 is 0. The van der Waals surface area contributed by atoms with Crippen LogP contribution in [0, 0.1) is 0 Å². The van der Waals surface area contributed by atoms with E-state index in [0.717, 1.165) is 6.42 Å². The Hall–Kier alpha value is -1.02. The van der Waals surface area contributed by atoms with Gasteiger partial charge in [-0.05, 0) is 24.1 Å². The van der Waals surface area contributed by atoms with Crippen molar-refractivity contribution < 1.29 is 0 Å². The normalized spacial score (nSPS) is 12.4. The maximum atomic E-state index is 6.26. The van der Waals surface area contributed by atoms with Crippen molar-refractivity contribution in [1.29, 1.82) is 0 Å². The summed E-state index contributed by atoms with van der Waals surface area (Å²) in [5.74, 6) is 0. The van der Waals surface area contributed by atoms with Crippen LogP contribution in [0.5, 0.6) is 0 Å². The number of hydrogen-bond donors (Lipinski definition) is 1. The van der Waals surface area contributed by atoms with Gasteiger partial charge in [-0.15, -0.1) is 0 Å². The Morgan fingerprint density at radius 3 is 2.50 bits per heavy atom. The van der Waals surface area contributed by atoms with E-state index in [2.05, 4.69) is 50.2 Å². The fraction of sp³-hybridized carbons (Fsp3) is 0.625. The molecule has 0 aliphatic heterocycles. The highest BCUT2D eigenvalue weighted by Crippen LogP contribution is 2.22. The van der Waals surface area contributed by atoms with E-state index in [1.165, 1.54) is 43.4 Å². The first-order chi connectivity index (χ1) is 8.65. The van der Waals surface area contributed by atoms with Crippen LogP contribution in [0.25, 0.3) is 0 Å². The smallest absolute Gasteiger partial charge is 0.0364 e. The van der Waals surface area contributed by atoms with Gasteiger partial charge >= 0.3 is 0 Å². The standard InChI is InChI=1S/C16H28N2/c1-4-5-6-7-8-12-16(17)14-10-9-11-15(13-14)18(2)3/h9-11,13,16H,4-8,12,17H2,1-3H3. The van der Waals surface area contributed by atoms with Crippen LogP contribution in [0.15, 0.2) is 24.3 Å². The highest BCUT2D eigenvalue weighted by molar-refractivity contribution is 5.47. The van der Waals surface area contributed by atoms with Gasteiger partial charge in [0.25, 0.3) is 0 Å². The number of hydrogen-bond acceptors (Lipinski definition) is 2. The minimum atomic E-state index is 0.187. The summed E-state index contributed by atoms with van der Waals surface area (Å²) in [4.78, 5) is 2.12. The van der Waals surface area contributed by atoms with Crippen molar-refractivity contribution in [1.82, 2.24) is 0 Å². The second-order valence-electron chi connectivity index (χ2n) is 5.30. The van der Waals surface area contributed by atoms with Gasteiger partial charge in [-0.1, -0.05) is 51.2 Å². The summed E-state index contributed by atoms with van der Waals surface area (Å²) in [7, 11) is 4.13. The minimum Gasteiger partial charge on any atom is -0.378 e. The van der Waals surface area contributed by atoms with E-state index in [1.54, 1.807) is 0 Å². The molecule has 2 heteroatoms. The first-order valence-corrected chi connectivity index (χ1v) is 7.18. The topological polar surface area (TPSA) is 29.3 Å². The molecule has 2 N–H and O–H groups in total. The number of rotatable bonds is 8. The molecule has 0 heterocycles. The molecule has 1 aromatic carbocycles. The van der Waals surface area contributed by atoms with Gasteiger partial charge in [0.15, 0.2) is 0 Å². The lowest BCUT2D eigenvalue weighted by Crippen LogP contribution is -2.13. The monoisotopic (exact) mass is 248 g/mol. The van der Waals surface area contributed by atoms with E-state index in [4.69, 9.17) is 5.73 Å². The van der Waals surface area contributed by atoms with Crippen molar-refractivity contribution in [3.8, 4) is 0 Å². The van der Waals surface area contributed by atoms with Gasteiger partial charge in [-0.25, -0.2) is 0 Å². The molecule has 0 aromatic heterocycles. The van der Waals surface area contributed by atoms with E-state index in [-0.39, 0.29) is 6.04 Å². The molecule has 1 unspecified atom stereocenters. The van der Waals surface area contributed by atoms with Crippen LogP contribution in [0.4, 0.5) is 5.69 Å². The number of benzene rings is 1. The Morgan fingerprint density at radius 1 is 1.11 bits per heavy atom. The van der Waals surface area contributed by atoms with Crippen LogP contribution in [0.1, 0.15) is 57.1 Å². The number of nitrogens with two attached hydrogens (primary N) is 1. The summed E-state index contributed by atoms with van der Waals surface area (Å²) in [5, 5.41) is 0. The quantitative estimate of drug-likeness (QED) is 0.701. The average Bonchev–Trinajstić information content (AvgIpc) is 2.38. The van der Waals surface area contributed by atoms with Crippen molar-refractivity contribution >= 4 is 5.69 Å². The highest BCUT2D eigenvalue weighted by Gasteiger charge is 2.06. The maximum absolute atomic E-state index is 6.26. The largest absolute Gasteiger partial charge is 0.378 e. The number of unbranched alkanes of at least 4 members (excludes halogenated alkanes) is 4. The van der Waals surface area contributed by atoms with Crippen LogP contribution in [0.2, 0.25) is 0 Å². The van der Waals surface area contributed by atoms with Crippen LogP contribution >= 0.6 is 0 Å². The molecule has 18 heavy (non-hydrogen) atoms. The number of nitrogens with zero attached hydrogens (tertiary/aromatic N) is 1. The second kappa shape index (κ2) is 8.15. The summed E-state index contributed by atoms with van der Waals surface area (Å²) in [6.45, 7) is 2.25. The zero-order valence-electron chi connectivity index (χ0n) is 12.2. The lowest BCUT2D eigenvalue weighted by molar-refractivity contribution is 0.555. The van der Waals surface area contributed by atoms with Crippen molar-refractivity contribution in [3.05, 3.63) is 29.8 Å². The van der Waals surface area contributed by atoms with Crippen LogP contribution in [-0.2, 0) is 0 Å². The van der Waals surface area contributed by atoms with Crippen molar-refractivity contribution in [3.63, 3.8) is 0 Å². The molecule has 0 amide bonds. The van der Waals surface area contributed by atoms with Crippen molar-refractivity contribution in [2.24, 2.45) is 5.73 Å². The van der Waals surface area contributed by atoms with Crippen molar-refractivity contribution in [2.45, 2.75) is 51.5 Å². The minimum absolute atomic E-state index is 0.187. The first-order valence-electron chi connectivity index (χ1n) is 7.18. The Bertz CT molecular complexity index is 334. The van der Waals surface area contributed by atoms with Gasteiger partial charge < -0.3 is 10.6 Å². The van der Waals surface area contributed by atoms with Gasteiger partial charge in [0.05, 0.1) is 0 Å². The molecule has 2 nitrogen and oxygen atoms in total. The Kier molecular flexibility index (Phi) is 6.81. The molecule has 0 saturated heterocycles. The van der Waals surface area contributed by atoms with E-state index in [0.29, 0.717) is 0 Å². The molecule has 1 atom stereocenters. The van der Waals surface area contributed by atoms with E-state index >= 15 is 0 Å². The van der Waals surface area contributed by atoms with Gasteiger partial charge in [0.2, 0.25) is 0 Å². The van der Waals surface area contributed by atoms with Gasteiger partial charge in [-0.2, -0.15) is 0 Å². The third-order valence-electron chi connectivity index (χ3n) is 3.43. The molecule has 0 saturated carbocycles. The summed E-state index contributed by atoms with van der Waals surface area (Å²) in [6.07, 6.45) is 7.66. The Balaban J connectivity index is 2.41. The molecule has 1 rings (SSSR count). The third-order valence-corrected chi connectivity index (χ3v) is 3.43. The Labute approximate surface area is 112 Å². The molecule has 0 aliphatic carbocycles. The van der Waals surface area contributed by atoms with E-state index in [1.807, 2.05) is 0 Å². The molecule has 0 spiro atoms. The van der Waals surface area contributed by atoms with E-state index in [9.17, 15) is 0 Å². The third kappa shape index (κ3) is 5.09. The molecule has 1 aromatic rings. The van der Waals surface area contributed by atoms with Gasteiger partial charge in [0.1, 0.15) is 0 Å². The zero-order chi connectivity index (χ0) is 13.4. The number of anilines is 1. The first kappa shape index (κ1) is 15.0. The SMILES string of the molecule is CCCCCCCC(N)c1cccc(N(C)C)c1. The van der Waals surface area contributed by atoms with Crippen LogP contribution in [0.3, 0.4) is 0 Å². The fourth-order valence-corrected chi connectivity index (χ4v) is 2.17.